The molecule has 2 heterocycles. The number of benzene rings is 2. The minimum absolute atomic E-state index is 0.122. The van der Waals surface area contributed by atoms with E-state index in [0.717, 1.165) is 31.9 Å². The molecule has 4 aromatic rings. The van der Waals surface area contributed by atoms with Crippen LogP contribution in [0.25, 0.3) is 0 Å². The number of aryl methyl sites for hydroxylation is 1. The lowest BCUT2D eigenvalue weighted by Gasteiger charge is -2.12. The monoisotopic (exact) mass is 539 g/mol. The van der Waals surface area contributed by atoms with E-state index < -0.39 is 0 Å². The van der Waals surface area contributed by atoms with Gasteiger partial charge in [0.05, 0.1) is 12.8 Å². The van der Waals surface area contributed by atoms with Gasteiger partial charge in [-0.25, -0.2) is 0 Å². The van der Waals surface area contributed by atoms with Gasteiger partial charge in [0, 0.05) is 32.0 Å². The maximum Gasteiger partial charge on any atom is 0.230 e. The van der Waals surface area contributed by atoms with E-state index in [2.05, 4.69) is 31.0 Å². The second-order valence-electron chi connectivity index (χ2n) is 7.97. The molecule has 4 rings (SSSR count). The number of thioether (sulfide) groups is 1. The first-order valence-corrected chi connectivity index (χ1v) is 13.7. The summed E-state index contributed by atoms with van der Waals surface area (Å²) in [7, 11) is 3.96. The number of nitrogens with one attached hydrogen (secondary N) is 2. The van der Waals surface area contributed by atoms with Gasteiger partial charge < -0.3 is 15.5 Å². The van der Waals surface area contributed by atoms with Gasteiger partial charge in [-0.3, -0.25) is 9.59 Å². The topological polar surface area (TPSA) is 113 Å². The average molecular weight is 540 g/mol. The molecule has 2 aromatic heterocycles. The number of anilines is 3. The molecule has 0 aliphatic heterocycles. The lowest BCUT2D eigenvalue weighted by Crippen LogP contribution is -2.14. The van der Waals surface area contributed by atoms with Crippen LogP contribution in [0.1, 0.15) is 16.1 Å². The van der Waals surface area contributed by atoms with Crippen LogP contribution >= 0.6 is 34.4 Å². The Morgan fingerprint density at radius 3 is 2.08 bits per heavy atom. The summed E-state index contributed by atoms with van der Waals surface area (Å²) in [4.78, 5) is 26.6. The van der Waals surface area contributed by atoms with Crippen LogP contribution in [0.2, 0.25) is 0 Å². The number of carbonyl (C=O) groups is 2. The number of aromatic nitrogens is 4. The highest BCUT2D eigenvalue weighted by Crippen LogP contribution is 2.27. The molecule has 0 saturated heterocycles. The Hall–Kier alpha value is -3.35. The molecule has 0 aliphatic rings. The van der Waals surface area contributed by atoms with Crippen LogP contribution in [0.15, 0.2) is 58.9 Å². The van der Waals surface area contributed by atoms with Gasteiger partial charge >= 0.3 is 0 Å². The van der Waals surface area contributed by atoms with Crippen molar-refractivity contribution in [2.45, 2.75) is 23.6 Å². The summed E-state index contributed by atoms with van der Waals surface area (Å²) < 4.78 is 0.767. The minimum Gasteiger partial charge on any atom is -0.378 e. The fraction of sp³-hybridized carbons (Fsp3) is 0.250. The molecule has 186 valence electrons. The maximum atomic E-state index is 12.4. The van der Waals surface area contributed by atoms with E-state index in [4.69, 9.17) is 0 Å². The summed E-state index contributed by atoms with van der Waals surface area (Å²) >= 11 is 4.24. The van der Waals surface area contributed by atoms with E-state index >= 15 is 0 Å². The van der Waals surface area contributed by atoms with Crippen LogP contribution < -0.4 is 15.5 Å². The number of nitrogens with zero attached hydrogens (tertiary/aromatic N) is 5. The Labute approximate surface area is 221 Å². The van der Waals surface area contributed by atoms with Gasteiger partial charge in [-0.05, 0) is 23.3 Å². The van der Waals surface area contributed by atoms with Gasteiger partial charge in [0.2, 0.25) is 22.1 Å². The normalized spacial score (nSPS) is 10.7. The Balaban J connectivity index is 1.18. The molecule has 12 heteroatoms. The Morgan fingerprint density at radius 1 is 0.806 bits per heavy atom. The predicted molar refractivity (Wildman–Crippen MR) is 146 cm³/mol. The van der Waals surface area contributed by atoms with E-state index in [1.165, 1.54) is 34.4 Å². The molecule has 0 saturated carbocycles. The summed E-state index contributed by atoms with van der Waals surface area (Å²) in [5, 5.41) is 23.8. The standard InChI is InChI=1S/C24H25N7O2S3/c1-31(2)18-10-8-17(9-11-18)15-20(33)25-22-28-27-21(35-22)12-13-34-24-30-29-23(36-24)26-19(32)14-16-6-4-3-5-7-16/h3-11H,12-15H2,1-2H3,(H,25,28,33)(H,26,29,32). The van der Waals surface area contributed by atoms with Crippen molar-refractivity contribution in [3.63, 3.8) is 0 Å². The van der Waals surface area contributed by atoms with Crippen LogP contribution in [0.4, 0.5) is 16.0 Å². The lowest BCUT2D eigenvalue weighted by molar-refractivity contribution is -0.116. The highest BCUT2D eigenvalue weighted by atomic mass is 32.2. The molecule has 0 radical (unpaired) electrons. The first-order chi connectivity index (χ1) is 17.4. The minimum atomic E-state index is -0.125. The fourth-order valence-corrected chi connectivity index (χ4v) is 5.82. The molecular weight excluding hydrogens is 515 g/mol. The molecule has 0 atom stereocenters. The van der Waals surface area contributed by atoms with Crippen LogP contribution in [-0.2, 0) is 28.9 Å². The van der Waals surface area contributed by atoms with Crippen LogP contribution in [0.5, 0.6) is 0 Å². The molecule has 36 heavy (non-hydrogen) atoms. The lowest BCUT2D eigenvalue weighted by atomic mass is 10.1. The number of amides is 2. The quantitative estimate of drug-likeness (QED) is 0.216. The zero-order chi connectivity index (χ0) is 25.3. The van der Waals surface area contributed by atoms with E-state index in [1.807, 2.05) is 73.6 Å². The zero-order valence-electron chi connectivity index (χ0n) is 19.8. The van der Waals surface area contributed by atoms with E-state index in [1.54, 1.807) is 0 Å². The Bertz CT molecular complexity index is 1290. The molecule has 2 aromatic carbocycles. The predicted octanol–water partition coefficient (Wildman–Crippen LogP) is 4.15. The molecule has 2 amide bonds. The van der Waals surface area contributed by atoms with E-state index in [0.29, 0.717) is 23.1 Å². The summed E-state index contributed by atoms with van der Waals surface area (Å²) in [6, 6.07) is 17.4. The third kappa shape index (κ3) is 7.83. The smallest absolute Gasteiger partial charge is 0.230 e. The molecule has 0 bridgehead atoms. The number of carbonyl (C=O) groups excluding carboxylic acids is 2. The van der Waals surface area contributed by atoms with Crippen molar-refractivity contribution in [1.29, 1.82) is 0 Å². The Morgan fingerprint density at radius 2 is 1.42 bits per heavy atom. The van der Waals surface area contributed by atoms with E-state index in [-0.39, 0.29) is 18.2 Å². The van der Waals surface area contributed by atoms with Crippen molar-refractivity contribution in [2.75, 3.05) is 35.4 Å². The largest absolute Gasteiger partial charge is 0.378 e. The van der Waals surface area contributed by atoms with Crippen molar-refractivity contribution >= 4 is 62.2 Å². The molecule has 9 nitrogen and oxygen atoms in total. The van der Waals surface area contributed by atoms with Gasteiger partial charge in [-0.2, -0.15) is 0 Å². The number of hydrogen-bond donors (Lipinski definition) is 2. The third-order valence-corrected chi connectivity index (χ3v) is 7.80. The van der Waals surface area contributed by atoms with Gasteiger partial charge in [0.1, 0.15) is 5.01 Å². The number of hydrogen-bond acceptors (Lipinski definition) is 10. The van der Waals surface area contributed by atoms with Crippen LogP contribution in [0.3, 0.4) is 0 Å². The van der Waals surface area contributed by atoms with Crippen molar-refractivity contribution in [2.24, 2.45) is 0 Å². The Kier molecular flexibility index (Phi) is 8.98. The summed E-state index contributed by atoms with van der Waals surface area (Å²) in [5.41, 5.74) is 2.97. The summed E-state index contributed by atoms with van der Waals surface area (Å²) in [6.45, 7) is 0. The SMILES string of the molecule is CN(C)c1ccc(CC(=O)Nc2nnc(CCSc3nnc(NC(=O)Cc4ccccc4)s3)s2)cc1. The summed E-state index contributed by atoms with van der Waals surface area (Å²) in [5.74, 6) is 0.483. The highest BCUT2D eigenvalue weighted by Gasteiger charge is 2.12. The molecule has 0 spiro atoms. The zero-order valence-corrected chi connectivity index (χ0v) is 22.3. The fourth-order valence-electron chi connectivity index (χ4n) is 3.15. The van der Waals surface area contributed by atoms with Crippen molar-refractivity contribution < 1.29 is 9.59 Å². The second kappa shape index (κ2) is 12.6. The first-order valence-electron chi connectivity index (χ1n) is 11.1. The van der Waals surface area contributed by atoms with Gasteiger partial charge in [-0.1, -0.05) is 76.9 Å². The van der Waals surface area contributed by atoms with Gasteiger partial charge in [-0.15, -0.1) is 20.4 Å². The number of rotatable bonds is 11. The molecular formula is C24H25N7O2S3. The first kappa shape index (κ1) is 25.7. The van der Waals surface area contributed by atoms with Crippen molar-refractivity contribution in [3.8, 4) is 0 Å². The molecule has 0 unspecified atom stereocenters. The van der Waals surface area contributed by atoms with Crippen LogP contribution in [0, 0.1) is 0 Å². The van der Waals surface area contributed by atoms with Gasteiger partial charge in [0.15, 0.2) is 4.34 Å². The van der Waals surface area contributed by atoms with Crippen molar-refractivity contribution in [3.05, 3.63) is 70.7 Å². The van der Waals surface area contributed by atoms with Gasteiger partial charge in [0.25, 0.3) is 0 Å². The van der Waals surface area contributed by atoms with Crippen molar-refractivity contribution in [1.82, 2.24) is 20.4 Å². The molecule has 2 N–H and O–H groups in total. The van der Waals surface area contributed by atoms with Crippen LogP contribution in [-0.4, -0.2) is 52.1 Å². The molecule has 0 aliphatic carbocycles. The molecule has 0 fully saturated rings. The average Bonchev–Trinajstić information content (AvgIpc) is 3.49. The second-order valence-corrected chi connectivity index (χ2v) is 11.4. The van der Waals surface area contributed by atoms with E-state index in [9.17, 15) is 9.59 Å². The summed E-state index contributed by atoms with van der Waals surface area (Å²) in [6.07, 6.45) is 1.25. The highest BCUT2D eigenvalue weighted by molar-refractivity contribution is 8.01. The maximum absolute atomic E-state index is 12.4. The third-order valence-electron chi connectivity index (χ3n) is 4.93.